The van der Waals surface area contributed by atoms with Gasteiger partial charge in [-0.25, -0.2) is 0 Å². The van der Waals surface area contributed by atoms with Crippen LogP contribution >= 0.6 is 0 Å². The Morgan fingerprint density at radius 3 is 2.25 bits per heavy atom. The van der Waals surface area contributed by atoms with Crippen LogP contribution in [0.5, 0.6) is 17.2 Å². The van der Waals surface area contributed by atoms with E-state index in [4.69, 9.17) is 14.2 Å². The van der Waals surface area contributed by atoms with Gasteiger partial charge in [0.2, 0.25) is 11.8 Å². The first kappa shape index (κ1) is 23.7. The minimum atomic E-state index is -0.435. The Morgan fingerprint density at radius 2 is 1.53 bits per heavy atom. The summed E-state index contributed by atoms with van der Waals surface area (Å²) >= 11 is 0. The average molecular weight is 487 g/mol. The van der Waals surface area contributed by atoms with Crippen molar-refractivity contribution in [3.8, 4) is 17.2 Å². The van der Waals surface area contributed by atoms with Crippen LogP contribution in [0, 0.1) is 5.92 Å². The summed E-state index contributed by atoms with van der Waals surface area (Å²) in [6.45, 7) is 0.884. The molecule has 186 valence electrons. The van der Waals surface area contributed by atoms with Gasteiger partial charge in [-0.05, 0) is 47.4 Å². The molecule has 0 aromatic heterocycles. The largest absolute Gasteiger partial charge is 0.495 e. The molecule has 2 heterocycles. The van der Waals surface area contributed by atoms with Crippen LogP contribution in [-0.2, 0) is 16.0 Å². The van der Waals surface area contributed by atoms with E-state index >= 15 is 0 Å². The zero-order valence-electron chi connectivity index (χ0n) is 20.8. The first-order valence-corrected chi connectivity index (χ1v) is 12.1. The maximum atomic E-state index is 14.0. The van der Waals surface area contributed by atoms with Gasteiger partial charge in [0, 0.05) is 19.5 Å². The van der Waals surface area contributed by atoms with Crippen LogP contribution in [0.15, 0.2) is 66.7 Å². The van der Waals surface area contributed by atoms with Crippen LogP contribution in [0.1, 0.15) is 29.2 Å². The first-order valence-electron chi connectivity index (χ1n) is 12.1. The average Bonchev–Trinajstić information content (AvgIpc) is 3.32. The van der Waals surface area contributed by atoms with Gasteiger partial charge in [0.1, 0.15) is 5.75 Å². The number of fused-ring (bicyclic) bond motifs is 1. The zero-order chi connectivity index (χ0) is 25.2. The number of amides is 2. The molecule has 2 amide bonds. The summed E-state index contributed by atoms with van der Waals surface area (Å²) in [6.07, 6.45) is 0.870. The van der Waals surface area contributed by atoms with E-state index in [-0.39, 0.29) is 24.3 Å². The molecule has 3 aromatic rings. The second kappa shape index (κ2) is 9.93. The minimum Gasteiger partial charge on any atom is -0.495 e. The van der Waals surface area contributed by atoms with E-state index in [1.54, 1.807) is 26.2 Å². The summed E-state index contributed by atoms with van der Waals surface area (Å²) in [5.41, 5.74) is 3.86. The lowest BCUT2D eigenvalue weighted by molar-refractivity contribution is -0.137. The van der Waals surface area contributed by atoms with E-state index in [0.29, 0.717) is 42.4 Å². The summed E-state index contributed by atoms with van der Waals surface area (Å²) in [4.78, 5) is 30.6. The van der Waals surface area contributed by atoms with Gasteiger partial charge >= 0.3 is 0 Å². The van der Waals surface area contributed by atoms with Gasteiger partial charge in [-0.1, -0.05) is 42.5 Å². The third-order valence-corrected chi connectivity index (χ3v) is 7.12. The van der Waals surface area contributed by atoms with Crippen molar-refractivity contribution in [2.45, 2.75) is 18.9 Å². The highest BCUT2D eigenvalue weighted by Gasteiger charge is 2.42. The van der Waals surface area contributed by atoms with Crippen molar-refractivity contribution in [1.29, 1.82) is 0 Å². The third-order valence-electron chi connectivity index (χ3n) is 7.12. The Labute approximate surface area is 211 Å². The van der Waals surface area contributed by atoms with Crippen molar-refractivity contribution >= 4 is 17.5 Å². The molecule has 0 radical (unpaired) electrons. The fraction of sp³-hybridized carbons (Fsp3) is 0.310. The van der Waals surface area contributed by atoms with Gasteiger partial charge < -0.3 is 24.0 Å². The number of anilines is 1. The molecule has 0 spiro atoms. The molecule has 0 N–H and O–H groups in total. The van der Waals surface area contributed by atoms with Crippen LogP contribution in [0.25, 0.3) is 0 Å². The summed E-state index contributed by atoms with van der Waals surface area (Å²) < 4.78 is 16.6. The second-order valence-electron chi connectivity index (χ2n) is 9.08. The van der Waals surface area contributed by atoms with Crippen molar-refractivity contribution in [3.05, 3.63) is 83.4 Å². The maximum absolute atomic E-state index is 14.0. The Morgan fingerprint density at radius 1 is 0.861 bits per heavy atom. The number of carbonyl (C=O) groups is 2. The van der Waals surface area contributed by atoms with Gasteiger partial charge in [0.15, 0.2) is 11.5 Å². The molecule has 2 atom stereocenters. The van der Waals surface area contributed by atoms with E-state index < -0.39 is 5.92 Å². The van der Waals surface area contributed by atoms with Gasteiger partial charge in [-0.2, -0.15) is 0 Å². The van der Waals surface area contributed by atoms with Crippen molar-refractivity contribution in [2.24, 2.45) is 5.92 Å². The molecule has 1 fully saturated rings. The smallest absolute Gasteiger partial charge is 0.228 e. The minimum absolute atomic E-state index is 0.0185. The lowest BCUT2D eigenvalue weighted by Gasteiger charge is -2.39. The van der Waals surface area contributed by atoms with Crippen LogP contribution in [-0.4, -0.2) is 51.1 Å². The third kappa shape index (κ3) is 4.15. The van der Waals surface area contributed by atoms with Crippen LogP contribution in [0.4, 0.5) is 5.69 Å². The van der Waals surface area contributed by atoms with Crippen molar-refractivity contribution < 1.29 is 23.8 Å². The molecule has 2 aliphatic rings. The number of rotatable bonds is 6. The quantitative estimate of drug-likeness (QED) is 0.521. The normalized spacial score (nSPS) is 19.1. The number of nitrogens with zero attached hydrogens (tertiary/aromatic N) is 2. The highest BCUT2D eigenvalue weighted by Crippen LogP contribution is 2.42. The predicted octanol–water partition coefficient (Wildman–Crippen LogP) is 4.24. The lowest BCUT2D eigenvalue weighted by atomic mass is 9.86. The van der Waals surface area contributed by atoms with E-state index in [1.807, 2.05) is 71.6 Å². The highest BCUT2D eigenvalue weighted by atomic mass is 16.5. The Bertz CT molecular complexity index is 1280. The molecule has 2 aliphatic heterocycles. The number of hydrogen-bond acceptors (Lipinski definition) is 5. The standard InChI is InChI=1S/C29H30N2O5/c1-34-24-12-8-7-11-23(24)31-18-21(16-27(31)32)29(33)30-14-13-20-15-25(35-2)26(36-3)17-22(20)28(30)19-9-5-4-6-10-19/h4-12,15,17,21,28H,13-14,16,18H2,1-3H3. The van der Waals surface area contributed by atoms with Crippen molar-refractivity contribution in [3.63, 3.8) is 0 Å². The predicted molar refractivity (Wildman–Crippen MR) is 137 cm³/mol. The fourth-order valence-corrected chi connectivity index (χ4v) is 5.37. The van der Waals surface area contributed by atoms with E-state index in [0.717, 1.165) is 16.7 Å². The number of hydrogen-bond donors (Lipinski definition) is 0. The van der Waals surface area contributed by atoms with Crippen LogP contribution in [0.2, 0.25) is 0 Å². The van der Waals surface area contributed by atoms with Gasteiger partial charge in [0.05, 0.1) is 39.0 Å². The summed E-state index contributed by atoms with van der Waals surface area (Å²) in [5, 5.41) is 0. The fourth-order valence-electron chi connectivity index (χ4n) is 5.37. The molecule has 0 bridgehead atoms. The van der Waals surface area contributed by atoms with Crippen LogP contribution in [0.3, 0.4) is 0 Å². The Balaban J connectivity index is 1.49. The van der Waals surface area contributed by atoms with Gasteiger partial charge in [-0.3, -0.25) is 9.59 Å². The number of ether oxygens (including phenoxy) is 3. The molecular weight excluding hydrogens is 456 g/mol. The highest BCUT2D eigenvalue weighted by molar-refractivity contribution is 6.01. The second-order valence-corrected chi connectivity index (χ2v) is 9.08. The molecule has 1 saturated heterocycles. The molecule has 7 nitrogen and oxygen atoms in total. The summed E-state index contributed by atoms with van der Waals surface area (Å²) in [5.74, 6) is 1.40. The SMILES string of the molecule is COc1cc2c(cc1OC)C(c1ccccc1)N(C(=O)C1CC(=O)N(c3ccccc3OC)C1)CC2. The zero-order valence-corrected chi connectivity index (χ0v) is 20.8. The van der Waals surface area contributed by atoms with Gasteiger partial charge in [-0.15, -0.1) is 0 Å². The maximum Gasteiger partial charge on any atom is 0.228 e. The molecule has 7 heteroatoms. The number of para-hydroxylation sites is 2. The van der Waals surface area contributed by atoms with Gasteiger partial charge in [0.25, 0.3) is 0 Å². The monoisotopic (exact) mass is 486 g/mol. The van der Waals surface area contributed by atoms with E-state index in [2.05, 4.69) is 0 Å². The Kier molecular flexibility index (Phi) is 6.55. The van der Waals surface area contributed by atoms with E-state index in [9.17, 15) is 9.59 Å². The molecule has 0 saturated carbocycles. The van der Waals surface area contributed by atoms with E-state index in [1.165, 1.54) is 0 Å². The van der Waals surface area contributed by atoms with Crippen LogP contribution < -0.4 is 19.1 Å². The topological polar surface area (TPSA) is 68.3 Å². The molecule has 36 heavy (non-hydrogen) atoms. The first-order chi connectivity index (χ1) is 17.5. The molecular formula is C29H30N2O5. The molecule has 3 aromatic carbocycles. The lowest BCUT2D eigenvalue weighted by Crippen LogP contribution is -2.44. The molecule has 0 aliphatic carbocycles. The number of methoxy groups -OCH3 is 3. The number of benzene rings is 3. The number of carbonyl (C=O) groups excluding carboxylic acids is 2. The molecule has 2 unspecified atom stereocenters. The van der Waals surface area contributed by atoms with Crippen molar-refractivity contribution in [2.75, 3.05) is 39.3 Å². The Hall–Kier alpha value is -4.00. The summed E-state index contributed by atoms with van der Waals surface area (Å²) in [7, 11) is 4.83. The van der Waals surface area contributed by atoms with Crippen molar-refractivity contribution in [1.82, 2.24) is 4.90 Å². The summed E-state index contributed by atoms with van der Waals surface area (Å²) in [6, 6.07) is 21.1. The molecule has 5 rings (SSSR count).